The fraction of sp³-hybridized carbons (Fsp3) is 0.318. The highest BCUT2D eigenvalue weighted by atomic mass is 32.1. The summed E-state index contributed by atoms with van der Waals surface area (Å²) in [6.07, 6.45) is 0.876. The molecule has 1 aliphatic carbocycles. The molecular weight excluding hydrogens is 432 g/mol. The van der Waals surface area contributed by atoms with Gasteiger partial charge in [0.1, 0.15) is 10.7 Å². The number of hydrogen-bond donors (Lipinski definition) is 1. The lowest BCUT2D eigenvalue weighted by Crippen LogP contribution is -2.37. The lowest BCUT2D eigenvalue weighted by molar-refractivity contribution is -0.384. The number of para-hydroxylation sites is 1. The molecule has 1 fully saturated rings. The maximum absolute atomic E-state index is 12.7. The highest BCUT2D eigenvalue weighted by Crippen LogP contribution is 2.31. The Hall–Kier alpha value is -3.53. The number of thiazole rings is 1. The molecule has 1 aromatic heterocycles. The quantitative estimate of drug-likeness (QED) is 0.311. The minimum Gasteiger partial charge on any atom is -0.449 e. The number of carbonyl (C=O) groups excluding carboxylic acids is 2. The van der Waals surface area contributed by atoms with Crippen molar-refractivity contribution in [1.29, 1.82) is 0 Å². The molecule has 32 heavy (non-hydrogen) atoms. The van der Waals surface area contributed by atoms with E-state index in [1.54, 1.807) is 7.05 Å². The molecule has 0 bridgehead atoms. The second kappa shape index (κ2) is 8.91. The zero-order valence-corrected chi connectivity index (χ0v) is 18.4. The van der Waals surface area contributed by atoms with E-state index in [-0.39, 0.29) is 29.7 Å². The van der Waals surface area contributed by atoms with Crippen LogP contribution in [0.4, 0.5) is 11.4 Å². The number of amides is 1. The molecule has 166 valence electrons. The van der Waals surface area contributed by atoms with Crippen LogP contribution in [0.15, 0.2) is 42.5 Å². The number of nitrogens with zero attached hydrogens (tertiary/aromatic N) is 3. The van der Waals surface area contributed by atoms with Gasteiger partial charge in [-0.2, -0.15) is 0 Å². The molecule has 1 saturated carbocycles. The number of fused-ring (bicyclic) bond motifs is 1. The number of nitro benzene ring substituents is 1. The molecular formula is C22H22N4O5S. The maximum atomic E-state index is 12.7. The Morgan fingerprint density at radius 3 is 2.75 bits per heavy atom. The van der Waals surface area contributed by atoms with Crippen LogP contribution in [0.3, 0.4) is 0 Å². The molecule has 1 N–H and O–H groups in total. The van der Waals surface area contributed by atoms with Gasteiger partial charge >= 0.3 is 5.97 Å². The van der Waals surface area contributed by atoms with Gasteiger partial charge in [-0.1, -0.05) is 12.1 Å². The van der Waals surface area contributed by atoms with Gasteiger partial charge in [0.25, 0.3) is 11.6 Å². The first-order valence-corrected chi connectivity index (χ1v) is 11.0. The van der Waals surface area contributed by atoms with Crippen molar-refractivity contribution in [2.45, 2.75) is 38.5 Å². The first-order valence-electron chi connectivity index (χ1n) is 10.2. The van der Waals surface area contributed by atoms with Gasteiger partial charge < -0.3 is 15.0 Å². The summed E-state index contributed by atoms with van der Waals surface area (Å²) < 4.78 is 6.33. The fourth-order valence-electron chi connectivity index (χ4n) is 3.24. The molecule has 1 atom stereocenters. The SMILES string of the molecule is CC(OC(=O)c1ccc(NC2CC2)c([N+](=O)[O-])c1)C(=O)N(C)Cc1nc2ccccc2s1. The fourth-order valence-corrected chi connectivity index (χ4v) is 4.26. The first kappa shape index (κ1) is 21.7. The highest BCUT2D eigenvalue weighted by Gasteiger charge is 2.27. The van der Waals surface area contributed by atoms with Crippen molar-refractivity contribution in [1.82, 2.24) is 9.88 Å². The molecule has 0 radical (unpaired) electrons. The summed E-state index contributed by atoms with van der Waals surface area (Å²) in [6, 6.07) is 12.1. The van der Waals surface area contributed by atoms with Crippen molar-refractivity contribution < 1.29 is 19.2 Å². The molecule has 1 heterocycles. The van der Waals surface area contributed by atoms with Gasteiger partial charge in [0.05, 0.1) is 27.2 Å². The Morgan fingerprint density at radius 2 is 2.06 bits per heavy atom. The number of nitrogens with one attached hydrogen (secondary N) is 1. The molecule has 0 spiro atoms. The van der Waals surface area contributed by atoms with Crippen molar-refractivity contribution in [3.8, 4) is 0 Å². The predicted molar refractivity (Wildman–Crippen MR) is 121 cm³/mol. The maximum Gasteiger partial charge on any atom is 0.339 e. The Labute approximate surface area is 188 Å². The average Bonchev–Trinajstić information content (AvgIpc) is 3.49. The van der Waals surface area contributed by atoms with Crippen LogP contribution in [0.5, 0.6) is 0 Å². The lowest BCUT2D eigenvalue weighted by atomic mass is 10.1. The number of rotatable bonds is 8. The Morgan fingerprint density at radius 1 is 1.31 bits per heavy atom. The molecule has 3 aromatic rings. The van der Waals surface area contributed by atoms with Crippen LogP contribution in [-0.2, 0) is 16.1 Å². The molecule has 4 rings (SSSR count). The number of benzene rings is 2. The number of nitro groups is 1. The zero-order chi connectivity index (χ0) is 22.8. The summed E-state index contributed by atoms with van der Waals surface area (Å²) >= 11 is 1.50. The number of hydrogen-bond acceptors (Lipinski definition) is 8. The number of aromatic nitrogens is 1. The summed E-state index contributed by atoms with van der Waals surface area (Å²) in [5, 5.41) is 15.3. The highest BCUT2D eigenvalue weighted by molar-refractivity contribution is 7.18. The minimum atomic E-state index is -1.05. The second-order valence-corrected chi connectivity index (χ2v) is 8.84. The molecule has 1 aliphatic rings. The van der Waals surface area contributed by atoms with Gasteiger partial charge in [0.2, 0.25) is 0 Å². The van der Waals surface area contributed by atoms with Crippen molar-refractivity contribution >= 4 is 44.8 Å². The second-order valence-electron chi connectivity index (χ2n) is 7.72. The summed E-state index contributed by atoms with van der Waals surface area (Å²) in [5.74, 6) is -1.18. The molecule has 2 aromatic carbocycles. The lowest BCUT2D eigenvalue weighted by Gasteiger charge is -2.20. The topological polar surface area (TPSA) is 115 Å². The van der Waals surface area contributed by atoms with Gasteiger partial charge in [-0.05, 0) is 44.0 Å². The summed E-state index contributed by atoms with van der Waals surface area (Å²) in [4.78, 5) is 42.0. The molecule has 0 aliphatic heterocycles. The molecule has 1 amide bonds. The van der Waals surface area contributed by atoms with E-state index in [2.05, 4.69) is 10.3 Å². The minimum absolute atomic E-state index is 0.0199. The van der Waals surface area contributed by atoms with Gasteiger partial charge in [-0.3, -0.25) is 14.9 Å². The summed E-state index contributed by atoms with van der Waals surface area (Å²) in [5.41, 5.74) is 1.06. The number of likely N-dealkylation sites (N-methyl/N-ethyl adjacent to an activating group) is 1. The number of ether oxygens (including phenoxy) is 1. The van der Waals surface area contributed by atoms with E-state index in [1.165, 1.54) is 41.4 Å². The van der Waals surface area contributed by atoms with Gasteiger partial charge in [0, 0.05) is 19.2 Å². The van der Waals surface area contributed by atoms with Crippen molar-refractivity contribution in [2.75, 3.05) is 12.4 Å². The van der Waals surface area contributed by atoms with Gasteiger partial charge in [-0.25, -0.2) is 9.78 Å². The third-order valence-electron chi connectivity index (χ3n) is 5.09. The van der Waals surface area contributed by atoms with Crippen molar-refractivity contribution in [3.05, 3.63) is 63.1 Å². The normalized spacial score (nSPS) is 14.1. The van der Waals surface area contributed by atoms with Crippen LogP contribution in [-0.4, -0.2) is 45.9 Å². The van der Waals surface area contributed by atoms with Crippen LogP contribution in [0, 0.1) is 10.1 Å². The number of anilines is 1. The molecule has 1 unspecified atom stereocenters. The van der Waals surface area contributed by atoms with Crippen LogP contribution in [0.25, 0.3) is 10.2 Å². The number of carbonyl (C=O) groups is 2. The summed E-state index contributed by atoms with van der Waals surface area (Å²) in [6.45, 7) is 1.76. The monoisotopic (exact) mass is 454 g/mol. The van der Waals surface area contributed by atoms with E-state index in [4.69, 9.17) is 4.74 Å². The Bertz CT molecular complexity index is 1160. The van der Waals surface area contributed by atoms with E-state index >= 15 is 0 Å². The predicted octanol–water partition coefficient (Wildman–Crippen LogP) is 3.98. The Balaban J connectivity index is 1.40. The van der Waals surface area contributed by atoms with Gasteiger partial charge in [0.15, 0.2) is 6.10 Å². The smallest absolute Gasteiger partial charge is 0.339 e. The van der Waals surface area contributed by atoms with E-state index in [0.29, 0.717) is 5.69 Å². The molecule has 0 saturated heterocycles. The third kappa shape index (κ3) is 4.86. The van der Waals surface area contributed by atoms with E-state index in [1.807, 2.05) is 24.3 Å². The van der Waals surface area contributed by atoms with Gasteiger partial charge in [-0.15, -0.1) is 11.3 Å². The Kier molecular flexibility index (Phi) is 6.04. The molecule has 9 nitrogen and oxygen atoms in total. The standard InChI is InChI=1S/C22H22N4O5S/c1-13(21(27)25(2)12-20-24-17-5-3-4-6-19(17)32-20)31-22(28)14-7-10-16(23-15-8-9-15)18(11-14)26(29)30/h3-7,10-11,13,15,23H,8-9,12H2,1-2H3. The van der Waals surface area contributed by atoms with Crippen LogP contribution in [0.1, 0.15) is 35.1 Å². The van der Waals surface area contributed by atoms with E-state index < -0.39 is 17.0 Å². The first-order chi connectivity index (χ1) is 15.3. The largest absolute Gasteiger partial charge is 0.449 e. The number of esters is 1. The average molecular weight is 455 g/mol. The third-order valence-corrected chi connectivity index (χ3v) is 6.11. The van der Waals surface area contributed by atoms with Crippen LogP contribution < -0.4 is 5.32 Å². The molecule has 10 heteroatoms. The van der Waals surface area contributed by atoms with Crippen molar-refractivity contribution in [3.63, 3.8) is 0 Å². The zero-order valence-electron chi connectivity index (χ0n) is 17.6. The van der Waals surface area contributed by atoms with E-state index in [9.17, 15) is 19.7 Å². The summed E-state index contributed by atoms with van der Waals surface area (Å²) in [7, 11) is 1.61. The van der Waals surface area contributed by atoms with Crippen molar-refractivity contribution in [2.24, 2.45) is 0 Å². The van der Waals surface area contributed by atoms with Crippen LogP contribution in [0.2, 0.25) is 0 Å². The van der Waals surface area contributed by atoms with E-state index in [0.717, 1.165) is 28.1 Å². The van der Waals surface area contributed by atoms with Crippen LogP contribution >= 0.6 is 11.3 Å².